The van der Waals surface area contributed by atoms with Gasteiger partial charge < -0.3 is 5.32 Å². The van der Waals surface area contributed by atoms with Crippen LogP contribution < -0.4 is 5.32 Å². The van der Waals surface area contributed by atoms with Crippen LogP contribution in [0.4, 0.5) is 13.2 Å². The van der Waals surface area contributed by atoms with Crippen molar-refractivity contribution in [3.63, 3.8) is 0 Å². The lowest BCUT2D eigenvalue weighted by Crippen LogP contribution is -2.50. The molecule has 2 unspecified atom stereocenters. The van der Waals surface area contributed by atoms with Crippen molar-refractivity contribution in [3.05, 3.63) is 29.8 Å². The molecule has 3 rings (SSSR count). The van der Waals surface area contributed by atoms with Crippen LogP contribution in [0.1, 0.15) is 23.2 Å². The largest absolute Gasteiger partial charge is 0.501 e. The van der Waals surface area contributed by atoms with E-state index >= 15 is 0 Å². The smallest absolute Gasteiger partial charge is 0.347 e. The van der Waals surface area contributed by atoms with Crippen LogP contribution in [-0.2, 0) is 19.7 Å². The van der Waals surface area contributed by atoms with Crippen molar-refractivity contribution in [1.82, 2.24) is 10.2 Å². The Balaban J connectivity index is 1.75. The molecule has 12 heteroatoms. The summed E-state index contributed by atoms with van der Waals surface area (Å²) in [7, 11) is -8.81. The lowest BCUT2D eigenvalue weighted by atomic mass is 10.1. The summed E-state index contributed by atoms with van der Waals surface area (Å²) in [5.41, 5.74) is -5.48. The third kappa shape index (κ3) is 4.18. The molecule has 0 radical (unpaired) electrons. The zero-order valence-electron chi connectivity index (χ0n) is 14.6. The number of nitrogens with one attached hydrogen (secondary N) is 1. The Kier molecular flexibility index (Phi) is 5.49. The number of halogens is 3. The van der Waals surface area contributed by atoms with Gasteiger partial charge in [-0.15, -0.1) is 0 Å². The first-order valence-corrected chi connectivity index (χ1v) is 11.9. The quantitative estimate of drug-likeness (QED) is 0.749. The highest BCUT2D eigenvalue weighted by Gasteiger charge is 2.47. The highest BCUT2D eigenvalue weighted by Crippen LogP contribution is 2.30. The Morgan fingerprint density at radius 3 is 2.18 bits per heavy atom. The minimum Gasteiger partial charge on any atom is -0.347 e. The maximum Gasteiger partial charge on any atom is 0.501 e. The molecule has 0 aliphatic carbocycles. The zero-order chi connectivity index (χ0) is 20.7. The molecule has 0 spiro atoms. The first-order chi connectivity index (χ1) is 12.9. The van der Waals surface area contributed by atoms with Gasteiger partial charge in [-0.25, -0.2) is 16.8 Å². The molecule has 0 aromatic heterocycles. The van der Waals surface area contributed by atoms with Crippen LogP contribution in [0.15, 0.2) is 29.2 Å². The topological polar surface area (TPSA) is 101 Å². The molecule has 2 heterocycles. The number of hydrogen-bond donors (Lipinski definition) is 1. The van der Waals surface area contributed by atoms with Crippen LogP contribution in [0.3, 0.4) is 0 Å². The normalized spacial score (nSPS) is 25.7. The number of carbonyl (C=O) groups excluding carboxylic acids is 1. The van der Waals surface area contributed by atoms with Crippen LogP contribution in [0.25, 0.3) is 0 Å². The minimum absolute atomic E-state index is 0.0504. The molecule has 156 valence electrons. The van der Waals surface area contributed by atoms with E-state index in [1.54, 1.807) is 0 Å². The van der Waals surface area contributed by atoms with Gasteiger partial charge in [0, 0.05) is 11.6 Å². The Hall–Kier alpha value is -1.66. The standard InChI is InChI=1S/C16H19F3N2O5S2/c17-16(18,19)28(25,26)12-5-3-11(4-6-12)15(22)20-13-9-27(23,24)10-14(13)21-7-1-2-8-21/h3-6,13-14H,1-2,7-10H2,(H,20,22). The van der Waals surface area contributed by atoms with Gasteiger partial charge in [0.05, 0.1) is 22.4 Å². The number of benzene rings is 1. The van der Waals surface area contributed by atoms with E-state index in [-0.39, 0.29) is 23.1 Å². The first kappa shape index (κ1) is 21.1. The second kappa shape index (κ2) is 7.30. The molecule has 28 heavy (non-hydrogen) atoms. The molecule has 2 saturated heterocycles. The summed E-state index contributed by atoms with van der Waals surface area (Å²) in [6.45, 7) is 1.49. The van der Waals surface area contributed by atoms with Crippen LogP contribution in [0.2, 0.25) is 0 Å². The first-order valence-electron chi connectivity index (χ1n) is 8.57. The summed E-state index contributed by atoms with van der Waals surface area (Å²) in [5, 5.41) is 2.63. The average Bonchev–Trinajstić information content (AvgIpc) is 3.21. The minimum atomic E-state index is -5.49. The van der Waals surface area contributed by atoms with Gasteiger partial charge in [0.25, 0.3) is 15.7 Å². The summed E-state index contributed by atoms with van der Waals surface area (Å²) in [5.74, 6) is -0.927. The fourth-order valence-electron chi connectivity index (χ4n) is 3.57. The number of hydrogen-bond acceptors (Lipinski definition) is 6. The molecule has 0 bridgehead atoms. The van der Waals surface area contributed by atoms with Gasteiger partial charge in [0.2, 0.25) is 0 Å². The van der Waals surface area contributed by atoms with Gasteiger partial charge in [-0.1, -0.05) is 0 Å². The molecule has 1 aromatic carbocycles. The van der Waals surface area contributed by atoms with E-state index < -0.39 is 42.0 Å². The molecule has 2 atom stereocenters. The predicted molar refractivity (Wildman–Crippen MR) is 94.2 cm³/mol. The average molecular weight is 440 g/mol. The fourth-order valence-corrected chi connectivity index (χ4v) is 6.28. The summed E-state index contributed by atoms with van der Waals surface area (Å²) in [6.07, 6.45) is 1.90. The van der Waals surface area contributed by atoms with E-state index in [9.17, 15) is 34.8 Å². The number of alkyl halides is 3. The highest BCUT2D eigenvalue weighted by atomic mass is 32.2. The van der Waals surface area contributed by atoms with E-state index in [2.05, 4.69) is 5.32 Å². The van der Waals surface area contributed by atoms with Crippen molar-refractivity contribution in [2.75, 3.05) is 24.6 Å². The van der Waals surface area contributed by atoms with Gasteiger partial charge in [0.15, 0.2) is 9.84 Å². The molecular weight excluding hydrogens is 421 g/mol. The lowest BCUT2D eigenvalue weighted by molar-refractivity contribution is -0.0436. The molecule has 1 aromatic rings. The third-order valence-corrected chi connectivity index (χ3v) is 8.20. The molecule has 0 saturated carbocycles. The van der Waals surface area contributed by atoms with E-state index in [0.717, 1.165) is 38.1 Å². The Morgan fingerprint density at radius 2 is 1.64 bits per heavy atom. The highest BCUT2D eigenvalue weighted by molar-refractivity contribution is 7.92. The molecule has 2 fully saturated rings. The molecule has 7 nitrogen and oxygen atoms in total. The van der Waals surface area contributed by atoms with Crippen LogP contribution in [-0.4, -0.2) is 69.8 Å². The Bertz CT molecular complexity index is 953. The number of carbonyl (C=O) groups is 1. The SMILES string of the molecule is O=C(NC1CS(=O)(=O)CC1N1CCCC1)c1ccc(S(=O)(=O)C(F)(F)F)cc1. The number of amides is 1. The molecule has 1 N–H and O–H groups in total. The number of nitrogens with zero attached hydrogens (tertiary/aromatic N) is 1. The van der Waals surface area contributed by atoms with Crippen molar-refractivity contribution in [2.45, 2.75) is 35.3 Å². The predicted octanol–water partition coefficient (Wildman–Crippen LogP) is 0.971. The molecule has 2 aliphatic heterocycles. The van der Waals surface area contributed by atoms with Crippen molar-refractivity contribution in [3.8, 4) is 0 Å². The van der Waals surface area contributed by atoms with E-state index in [1.165, 1.54) is 0 Å². The van der Waals surface area contributed by atoms with E-state index in [0.29, 0.717) is 12.1 Å². The van der Waals surface area contributed by atoms with Gasteiger partial charge >= 0.3 is 5.51 Å². The number of rotatable bonds is 4. The summed E-state index contributed by atoms with van der Waals surface area (Å²) < 4.78 is 84.6. The number of likely N-dealkylation sites (tertiary alicyclic amines) is 1. The fraction of sp³-hybridized carbons (Fsp3) is 0.562. The number of sulfone groups is 2. The second-order valence-corrected chi connectivity index (χ2v) is 11.0. The van der Waals surface area contributed by atoms with Crippen molar-refractivity contribution < 1.29 is 34.8 Å². The van der Waals surface area contributed by atoms with Gasteiger partial charge in [0.1, 0.15) is 0 Å². The van der Waals surface area contributed by atoms with Crippen molar-refractivity contribution in [2.24, 2.45) is 0 Å². The van der Waals surface area contributed by atoms with Gasteiger partial charge in [-0.2, -0.15) is 13.2 Å². The van der Waals surface area contributed by atoms with Crippen LogP contribution in [0.5, 0.6) is 0 Å². The molecule has 2 aliphatic rings. The molecule has 1 amide bonds. The molecular formula is C16H19F3N2O5S2. The summed E-state index contributed by atoms with van der Waals surface area (Å²) in [4.78, 5) is 13.5. The van der Waals surface area contributed by atoms with Crippen LogP contribution >= 0.6 is 0 Å². The van der Waals surface area contributed by atoms with E-state index in [4.69, 9.17) is 0 Å². The lowest BCUT2D eigenvalue weighted by Gasteiger charge is -2.28. The second-order valence-electron chi connectivity index (χ2n) is 6.94. The zero-order valence-corrected chi connectivity index (χ0v) is 16.3. The van der Waals surface area contributed by atoms with Gasteiger partial charge in [-0.3, -0.25) is 9.69 Å². The van der Waals surface area contributed by atoms with Crippen molar-refractivity contribution >= 4 is 25.6 Å². The van der Waals surface area contributed by atoms with Crippen molar-refractivity contribution in [1.29, 1.82) is 0 Å². The maximum atomic E-state index is 12.6. The maximum absolute atomic E-state index is 12.6. The summed E-state index contributed by atoms with van der Waals surface area (Å²) in [6, 6.07) is 2.39. The third-order valence-electron chi connectivity index (χ3n) is 4.98. The van der Waals surface area contributed by atoms with E-state index in [1.807, 2.05) is 4.90 Å². The Morgan fingerprint density at radius 1 is 1.07 bits per heavy atom. The Labute approximate surface area is 160 Å². The van der Waals surface area contributed by atoms with Gasteiger partial charge in [-0.05, 0) is 50.2 Å². The summed E-state index contributed by atoms with van der Waals surface area (Å²) >= 11 is 0. The van der Waals surface area contributed by atoms with Crippen LogP contribution in [0, 0.1) is 0 Å². The monoisotopic (exact) mass is 440 g/mol.